The molecule has 2 heteroatoms. The SMILES string of the molecule is CC1(C)C2CC3CC(C2)CC1(C#Cc1cccc(C(=O)O)c1)C3. The Morgan fingerprint density at radius 1 is 1.17 bits per heavy atom. The number of carboxylic acids is 1. The number of carbonyl (C=O) groups is 1. The van der Waals surface area contributed by atoms with Gasteiger partial charge in [0.1, 0.15) is 0 Å². The van der Waals surface area contributed by atoms with Crippen LogP contribution >= 0.6 is 0 Å². The monoisotopic (exact) mass is 308 g/mol. The van der Waals surface area contributed by atoms with Gasteiger partial charge in [0, 0.05) is 11.0 Å². The van der Waals surface area contributed by atoms with Gasteiger partial charge in [0.05, 0.1) is 5.56 Å². The van der Waals surface area contributed by atoms with E-state index < -0.39 is 5.97 Å². The lowest BCUT2D eigenvalue weighted by molar-refractivity contribution is -0.127. The first-order chi connectivity index (χ1) is 10.9. The number of benzene rings is 1. The van der Waals surface area contributed by atoms with Crippen molar-refractivity contribution < 1.29 is 9.90 Å². The van der Waals surface area contributed by atoms with E-state index in [2.05, 4.69) is 25.7 Å². The zero-order chi connectivity index (χ0) is 16.2. The van der Waals surface area contributed by atoms with Gasteiger partial charge in [-0.3, -0.25) is 0 Å². The van der Waals surface area contributed by atoms with Gasteiger partial charge in [-0.1, -0.05) is 31.8 Å². The van der Waals surface area contributed by atoms with Crippen LogP contribution in [0.2, 0.25) is 0 Å². The van der Waals surface area contributed by atoms with Gasteiger partial charge >= 0.3 is 5.97 Å². The highest BCUT2D eigenvalue weighted by molar-refractivity contribution is 5.88. The van der Waals surface area contributed by atoms with Crippen molar-refractivity contribution in [3.8, 4) is 11.8 Å². The summed E-state index contributed by atoms with van der Waals surface area (Å²) in [5, 5.41) is 9.14. The highest BCUT2D eigenvalue weighted by Crippen LogP contribution is 2.68. The average Bonchev–Trinajstić information content (AvgIpc) is 2.51. The Kier molecular flexibility index (Phi) is 3.14. The Morgan fingerprint density at radius 3 is 2.52 bits per heavy atom. The van der Waals surface area contributed by atoms with Crippen molar-refractivity contribution in [2.45, 2.75) is 46.0 Å². The Labute approximate surface area is 138 Å². The summed E-state index contributed by atoms with van der Waals surface area (Å²) in [7, 11) is 0. The molecular weight excluding hydrogens is 284 g/mol. The maximum Gasteiger partial charge on any atom is 0.335 e. The molecule has 0 heterocycles. The third-order valence-corrected chi connectivity index (χ3v) is 6.99. The molecule has 120 valence electrons. The fraction of sp³-hybridized carbons (Fsp3) is 0.571. The van der Waals surface area contributed by atoms with E-state index in [0.717, 1.165) is 23.3 Å². The second kappa shape index (κ2) is 4.87. The van der Waals surface area contributed by atoms with Gasteiger partial charge in [-0.2, -0.15) is 0 Å². The largest absolute Gasteiger partial charge is 0.478 e. The Morgan fingerprint density at radius 2 is 1.87 bits per heavy atom. The molecule has 1 N–H and O–H groups in total. The number of hydrogen-bond acceptors (Lipinski definition) is 1. The van der Waals surface area contributed by atoms with Crippen LogP contribution in [-0.2, 0) is 0 Å². The minimum absolute atomic E-state index is 0.126. The third kappa shape index (κ3) is 2.21. The van der Waals surface area contributed by atoms with Crippen molar-refractivity contribution in [3.05, 3.63) is 35.4 Å². The van der Waals surface area contributed by atoms with E-state index in [1.807, 2.05) is 6.07 Å². The highest BCUT2D eigenvalue weighted by atomic mass is 16.4. The molecule has 1 aromatic carbocycles. The van der Waals surface area contributed by atoms with E-state index in [4.69, 9.17) is 5.11 Å². The first-order valence-corrected chi connectivity index (χ1v) is 8.76. The summed E-state index contributed by atoms with van der Waals surface area (Å²) in [4.78, 5) is 11.1. The lowest BCUT2D eigenvalue weighted by Crippen LogP contribution is -2.56. The van der Waals surface area contributed by atoms with Crippen molar-refractivity contribution in [3.63, 3.8) is 0 Å². The predicted octanol–water partition coefficient (Wildman–Crippen LogP) is 4.59. The van der Waals surface area contributed by atoms with Crippen LogP contribution in [0.3, 0.4) is 0 Å². The minimum Gasteiger partial charge on any atom is -0.478 e. The molecule has 0 saturated heterocycles. The van der Waals surface area contributed by atoms with Crippen molar-refractivity contribution in [2.75, 3.05) is 0 Å². The normalized spacial score (nSPS) is 36.3. The molecule has 4 aliphatic carbocycles. The van der Waals surface area contributed by atoms with E-state index in [1.165, 1.54) is 32.1 Å². The van der Waals surface area contributed by atoms with E-state index in [1.54, 1.807) is 18.2 Å². The summed E-state index contributed by atoms with van der Waals surface area (Å²) in [5.41, 5.74) is 1.55. The number of aromatic carboxylic acids is 1. The molecule has 4 fully saturated rings. The molecule has 0 spiro atoms. The van der Waals surface area contributed by atoms with Gasteiger partial charge in [-0.05, 0) is 73.5 Å². The standard InChI is InChI=1S/C21H24O2/c1-20(2)18-10-15-8-16(11-18)13-21(20,12-15)7-6-14-4-3-5-17(9-14)19(22)23/h3-5,9,15-16,18H,8,10-13H2,1-2H3,(H,22,23). The van der Waals surface area contributed by atoms with E-state index in [-0.39, 0.29) is 10.8 Å². The van der Waals surface area contributed by atoms with Crippen LogP contribution in [0.4, 0.5) is 0 Å². The van der Waals surface area contributed by atoms with Crippen LogP contribution in [0.25, 0.3) is 0 Å². The topological polar surface area (TPSA) is 37.3 Å². The van der Waals surface area contributed by atoms with E-state index in [9.17, 15) is 4.79 Å². The second-order valence-corrected chi connectivity index (χ2v) is 8.48. The van der Waals surface area contributed by atoms with Crippen molar-refractivity contribution >= 4 is 5.97 Å². The Balaban J connectivity index is 1.71. The lowest BCUT2D eigenvalue weighted by Gasteiger charge is -2.64. The summed E-state index contributed by atoms with van der Waals surface area (Å²) in [5.74, 6) is 8.65. The lowest BCUT2D eigenvalue weighted by atomic mass is 9.40. The Bertz CT molecular complexity index is 705. The number of carboxylic acid groups (broad SMARTS) is 1. The van der Waals surface area contributed by atoms with Crippen LogP contribution < -0.4 is 0 Å². The molecule has 5 rings (SSSR count). The molecular formula is C21H24O2. The minimum atomic E-state index is -0.885. The van der Waals surface area contributed by atoms with Crippen molar-refractivity contribution in [1.29, 1.82) is 0 Å². The molecule has 2 atom stereocenters. The fourth-order valence-corrected chi connectivity index (χ4v) is 5.66. The molecule has 4 bridgehead atoms. The highest BCUT2D eigenvalue weighted by Gasteiger charge is 2.60. The molecule has 2 nitrogen and oxygen atoms in total. The van der Waals surface area contributed by atoms with Gasteiger partial charge in [0.2, 0.25) is 0 Å². The summed E-state index contributed by atoms with van der Waals surface area (Å²) >= 11 is 0. The van der Waals surface area contributed by atoms with Crippen molar-refractivity contribution in [2.24, 2.45) is 28.6 Å². The van der Waals surface area contributed by atoms with Crippen LogP contribution in [0.5, 0.6) is 0 Å². The molecule has 4 aliphatic rings. The van der Waals surface area contributed by atoms with Crippen LogP contribution in [-0.4, -0.2) is 11.1 Å². The molecule has 2 unspecified atom stereocenters. The van der Waals surface area contributed by atoms with Gasteiger partial charge in [-0.25, -0.2) is 4.79 Å². The van der Waals surface area contributed by atoms with Gasteiger partial charge < -0.3 is 5.11 Å². The van der Waals surface area contributed by atoms with E-state index >= 15 is 0 Å². The quantitative estimate of drug-likeness (QED) is 0.771. The maximum absolute atomic E-state index is 11.1. The summed E-state index contributed by atoms with van der Waals surface area (Å²) < 4.78 is 0. The van der Waals surface area contributed by atoms with Gasteiger partial charge in [0.15, 0.2) is 0 Å². The summed E-state index contributed by atoms with van der Waals surface area (Å²) in [6.45, 7) is 4.83. The molecule has 0 aliphatic heterocycles. The molecule has 4 saturated carbocycles. The van der Waals surface area contributed by atoms with Gasteiger partial charge in [-0.15, -0.1) is 0 Å². The van der Waals surface area contributed by atoms with Gasteiger partial charge in [0.25, 0.3) is 0 Å². The molecule has 1 aromatic rings. The number of rotatable bonds is 1. The summed E-state index contributed by atoms with van der Waals surface area (Å²) in [6.07, 6.45) is 6.66. The molecule has 0 amide bonds. The first-order valence-electron chi connectivity index (χ1n) is 8.76. The van der Waals surface area contributed by atoms with E-state index in [0.29, 0.717) is 5.56 Å². The zero-order valence-electron chi connectivity index (χ0n) is 13.9. The Hall–Kier alpha value is -1.75. The fourth-order valence-electron chi connectivity index (χ4n) is 5.66. The van der Waals surface area contributed by atoms with Crippen LogP contribution in [0.15, 0.2) is 24.3 Å². The predicted molar refractivity (Wildman–Crippen MR) is 90.0 cm³/mol. The van der Waals surface area contributed by atoms with Crippen LogP contribution in [0, 0.1) is 40.4 Å². The number of hydrogen-bond donors (Lipinski definition) is 1. The van der Waals surface area contributed by atoms with Crippen LogP contribution in [0.1, 0.15) is 61.9 Å². The third-order valence-electron chi connectivity index (χ3n) is 6.99. The maximum atomic E-state index is 11.1. The van der Waals surface area contributed by atoms with Crippen molar-refractivity contribution in [1.82, 2.24) is 0 Å². The molecule has 23 heavy (non-hydrogen) atoms. The molecule has 0 radical (unpaired) electrons. The second-order valence-electron chi connectivity index (χ2n) is 8.48. The first kappa shape index (κ1) is 14.8. The smallest absolute Gasteiger partial charge is 0.335 e. The zero-order valence-corrected chi connectivity index (χ0v) is 13.9. The molecule has 0 aromatic heterocycles. The average molecular weight is 308 g/mol. The summed E-state index contributed by atoms with van der Waals surface area (Å²) in [6, 6.07) is 7.04.